The molecule has 1 amide bonds. The second-order valence-corrected chi connectivity index (χ2v) is 4.33. The molecule has 0 unspecified atom stereocenters. The van der Waals surface area contributed by atoms with Gasteiger partial charge in [0.15, 0.2) is 0 Å². The lowest BCUT2D eigenvalue weighted by Crippen LogP contribution is -2.07. The Hall–Kier alpha value is -2.83. The number of hydrogen-bond acceptors (Lipinski definition) is 3. The molecule has 0 saturated carbocycles. The Kier molecular flexibility index (Phi) is 4.45. The second kappa shape index (κ2) is 6.30. The zero-order valence-corrected chi connectivity index (χ0v) is 11.3. The molecule has 0 radical (unpaired) electrons. The van der Waals surface area contributed by atoms with Gasteiger partial charge in [-0.3, -0.25) is 4.79 Å². The summed E-state index contributed by atoms with van der Waals surface area (Å²) in [6, 6.07) is 7.92. The molecule has 2 rings (SSSR count). The van der Waals surface area contributed by atoms with E-state index in [9.17, 15) is 18.0 Å². The SMILES string of the molecule is C=CC(=O)Nc1ccc(Nc2cccc(C(F)(F)F)c2)nc1. The van der Waals surface area contributed by atoms with Crippen molar-refractivity contribution in [1.29, 1.82) is 0 Å². The monoisotopic (exact) mass is 307 g/mol. The number of nitrogens with zero attached hydrogens (tertiary/aromatic N) is 1. The summed E-state index contributed by atoms with van der Waals surface area (Å²) >= 11 is 0. The normalized spacial score (nSPS) is 10.9. The van der Waals surface area contributed by atoms with Gasteiger partial charge in [-0.2, -0.15) is 13.2 Å². The minimum Gasteiger partial charge on any atom is -0.340 e. The number of rotatable bonds is 4. The van der Waals surface area contributed by atoms with Crippen molar-refractivity contribution in [2.45, 2.75) is 6.18 Å². The minimum absolute atomic E-state index is 0.269. The first kappa shape index (κ1) is 15.6. The van der Waals surface area contributed by atoms with E-state index in [-0.39, 0.29) is 11.6 Å². The van der Waals surface area contributed by atoms with Gasteiger partial charge in [-0.15, -0.1) is 0 Å². The van der Waals surface area contributed by atoms with Gasteiger partial charge < -0.3 is 10.6 Å². The Morgan fingerprint density at radius 3 is 2.55 bits per heavy atom. The van der Waals surface area contributed by atoms with Crippen LogP contribution in [0.2, 0.25) is 0 Å². The van der Waals surface area contributed by atoms with Crippen molar-refractivity contribution in [3.8, 4) is 0 Å². The highest BCUT2D eigenvalue weighted by molar-refractivity contribution is 5.98. The van der Waals surface area contributed by atoms with Crippen molar-refractivity contribution in [2.24, 2.45) is 0 Å². The molecule has 0 aliphatic carbocycles. The van der Waals surface area contributed by atoms with E-state index >= 15 is 0 Å². The number of halogens is 3. The highest BCUT2D eigenvalue weighted by Gasteiger charge is 2.30. The average molecular weight is 307 g/mol. The van der Waals surface area contributed by atoms with E-state index in [4.69, 9.17) is 0 Å². The number of hydrogen-bond donors (Lipinski definition) is 2. The summed E-state index contributed by atoms with van der Waals surface area (Å²) in [6.07, 6.45) is -1.89. The van der Waals surface area contributed by atoms with Gasteiger partial charge in [-0.05, 0) is 36.4 Å². The van der Waals surface area contributed by atoms with Gasteiger partial charge in [0.2, 0.25) is 5.91 Å². The fraction of sp³-hybridized carbons (Fsp3) is 0.0667. The Morgan fingerprint density at radius 2 is 1.95 bits per heavy atom. The van der Waals surface area contributed by atoms with Crippen molar-refractivity contribution in [1.82, 2.24) is 4.98 Å². The maximum Gasteiger partial charge on any atom is 0.416 e. The van der Waals surface area contributed by atoms with Crippen LogP contribution in [0.15, 0.2) is 55.3 Å². The lowest BCUT2D eigenvalue weighted by atomic mass is 10.2. The van der Waals surface area contributed by atoms with Gasteiger partial charge in [-0.1, -0.05) is 12.6 Å². The van der Waals surface area contributed by atoms with E-state index in [2.05, 4.69) is 22.2 Å². The zero-order chi connectivity index (χ0) is 16.2. The number of carbonyl (C=O) groups excluding carboxylic acids is 1. The van der Waals surface area contributed by atoms with Gasteiger partial charge >= 0.3 is 6.18 Å². The van der Waals surface area contributed by atoms with Crippen LogP contribution in [0.5, 0.6) is 0 Å². The molecule has 0 aliphatic heterocycles. The van der Waals surface area contributed by atoms with E-state index in [0.29, 0.717) is 11.5 Å². The number of amides is 1. The fourth-order valence-electron chi connectivity index (χ4n) is 1.66. The summed E-state index contributed by atoms with van der Waals surface area (Å²) in [6.45, 7) is 3.32. The largest absolute Gasteiger partial charge is 0.416 e. The van der Waals surface area contributed by atoms with E-state index in [1.54, 1.807) is 12.1 Å². The lowest BCUT2D eigenvalue weighted by molar-refractivity contribution is -0.137. The predicted octanol–water partition coefficient (Wildman–Crippen LogP) is 3.97. The first-order valence-electron chi connectivity index (χ1n) is 6.22. The number of nitrogens with one attached hydrogen (secondary N) is 2. The van der Waals surface area contributed by atoms with Crippen molar-refractivity contribution in [3.63, 3.8) is 0 Å². The average Bonchev–Trinajstić information content (AvgIpc) is 2.48. The molecule has 0 fully saturated rings. The van der Waals surface area contributed by atoms with Crippen LogP contribution >= 0.6 is 0 Å². The molecule has 4 nitrogen and oxygen atoms in total. The molecule has 0 atom stereocenters. The summed E-state index contributed by atoms with van der Waals surface area (Å²) in [5.74, 6) is -0.0173. The zero-order valence-electron chi connectivity index (χ0n) is 11.3. The molecule has 1 aromatic heterocycles. The molecule has 0 spiro atoms. The van der Waals surface area contributed by atoms with Crippen molar-refractivity contribution < 1.29 is 18.0 Å². The molecule has 22 heavy (non-hydrogen) atoms. The van der Waals surface area contributed by atoms with E-state index < -0.39 is 11.7 Å². The number of alkyl halides is 3. The summed E-state index contributed by atoms with van der Waals surface area (Å²) in [7, 11) is 0. The molecule has 114 valence electrons. The van der Waals surface area contributed by atoms with Crippen LogP contribution in [0, 0.1) is 0 Å². The van der Waals surface area contributed by atoms with E-state index in [0.717, 1.165) is 18.2 Å². The number of pyridine rings is 1. The second-order valence-electron chi connectivity index (χ2n) is 4.33. The minimum atomic E-state index is -4.40. The lowest BCUT2D eigenvalue weighted by Gasteiger charge is -2.10. The Labute approximate surface area is 124 Å². The van der Waals surface area contributed by atoms with Crippen LogP contribution in [0.1, 0.15) is 5.56 Å². The molecule has 0 saturated heterocycles. The van der Waals surface area contributed by atoms with Gasteiger partial charge in [0.1, 0.15) is 5.82 Å². The van der Waals surface area contributed by atoms with E-state index in [1.165, 1.54) is 18.3 Å². The highest BCUT2D eigenvalue weighted by Crippen LogP contribution is 2.31. The highest BCUT2D eigenvalue weighted by atomic mass is 19.4. The van der Waals surface area contributed by atoms with Crippen molar-refractivity contribution in [2.75, 3.05) is 10.6 Å². The molecule has 2 N–H and O–H groups in total. The van der Waals surface area contributed by atoms with Gasteiger partial charge in [0.25, 0.3) is 0 Å². The molecule has 0 aliphatic rings. The van der Waals surface area contributed by atoms with Crippen LogP contribution in [0.25, 0.3) is 0 Å². The van der Waals surface area contributed by atoms with Gasteiger partial charge in [-0.25, -0.2) is 4.98 Å². The first-order chi connectivity index (χ1) is 10.4. The van der Waals surface area contributed by atoms with Crippen LogP contribution in [-0.2, 0) is 11.0 Å². The van der Waals surface area contributed by atoms with Crippen molar-refractivity contribution >= 4 is 23.1 Å². The van der Waals surface area contributed by atoms with Crippen LogP contribution in [-0.4, -0.2) is 10.9 Å². The van der Waals surface area contributed by atoms with Crippen LogP contribution < -0.4 is 10.6 Å². The standard InChI is InChI=1S/C15H12F3N3O/c1-2-14(22)21-12-6-7-13(19-9-12)20-11-5-3-4-10(8-11)15(16,17)18/h2-9H,1H2,(H,19,20)(H,21,22). The van der Waals surface area contributed by atoms with Crippen LogP contribution in [0.4, 0.5) is 30.4 Å². The topological polar surface area (TPSA) is 54.0 Å². The maximum atomic E-state index is 12.6. The molecular weight excluding hydrogens is 295 g/mol. The molecule has 0 bridgehead atoms. The number of benzene rings is 1. The van der Waals surface area contributed by atoms with Gasteiger partial charge in [0.05, 0.1) is 17.4 Å². The molecular formula is C15H12F3N3O. The quantitative estimate of drug-likeness (QED) is 0.840. The third-order valence-corrected chi connectivity index (χ3v) is 2.68. The number of carbonyl (C=O) groups is 1. The third kappa shape index (κ3) is 4.08. The summed E-state index contributed by atoms with van der Waals surface area (Å²) in [5, 5.41) is 5.28. The fourth-order valence-corrected chi connectivity index (χ4v) is 1.66. The smallest absolute Gasteiger partial charge is 0.340 e. The molecule has 1 aromatic carbocycles. The van der Waals surface area contributed by atoms with Crippen molar-refractivity contribution in [3.05, 3.63) is 60.8 Å². The Balaban J connectivity index is 2.11. The predicted molar refractivity (Wildman–Crippen MR) is 77.8 cm³/mol. The van der Waals surface area contributed by atoms with Gasteiger partial charge in [0, 0.05) is 5.69 Å². The number of anilines is 3. The molecule has 2 aromatic rings. The summed E-state index contributed by atoms with van der Waals surface area (Å²) in [4.78, 5) is 15.1. The van der Waals surface area contributed by atoms with E-state index in [1.807, 2.05) is 0 Å². The molecule has 7 heteroatoms. The first-order valence-corrected chi connectivity index (χ1v) is 6.22. The number of aromatic nitrogens is 1. The molecule has 1 heterocycles. The third-order valence-electron chi connectivity index (χ3n) is 2.68. The Bertz CT molecular complexity index is 681. The summed E-state index contributed by atoms with van der Waals surface area (Å²) < 4.78 is 37.9. The van der Waals surface area contributed by atoms with Crippen LogP contribution in [0.3, 0.4) is 0 Å². The maximum absolute atomic E-state index is 12.6. The summed E-state index contributed by atoms with van der Waals surface area (Å²) in [5.41, 5.74) is -0.0166. The Morgan fingerprint density at radius 1 is 1.18 bits per heavy atom.